The molecule has 0 aliphatic carbocycles. The molecule has 0 spiro atoms. The van der Waals surface area contributed by atoms with Gasteiger partial charge in [-0.3, -0.25) is 13.9 Å². The van der Waals surface area contributed by atoms with Crippen LogP contribution < -0.4 is 9.62 Å². The summed E-state index contributed by atoms with van der Waals surface area (Å²) < 4.78 is 29.0. The van der Waals surface area contributed by atoms with E-state index in [2.05, 4.69) is 5.32 Å². The lowest BCUT2D eigenvalue weighted by molar-refractivity contribution is -0.141. The molecule has 0 saturated carbocycles. The van der Waals surface area contributed by atoms with Gasteiger partial charge in [-0.1, -0.05) is 67.1 Å². The Balaban J connectivity index is 2.06. The van der Waals surface area contributed by atoms with Crippen molar-refractivity contribution in [2.24, 2.45) is 0 Å². The smallest absolute Gasteiger partial charge is 0.264 e. The first kappa shape index (κ1) is 29.9. The fourth-order valence-electron chi connectivity index (χ4n) is 4.30. The van der Waals surface area contributed by atoms with Crippen LogP contribution in [0.2, 0.25) is 0 Å². The van der Waals surface area contributed by atoms with Crippen LogP contribution in [0.5, 0.6) is 0 Å². The molecule has 0 bridgehead atoms. The Morgan fingerprint density at radius 2 is 1.51 bits per heavy atom. The van der Waals surface area contributed by atoms with Gasteiger partial charge in [0.2, 0.25) is 11.8 Å². The van der Waals surface area contributed by atoms with Gasteiger partial charge in [-0.15, -0.1) is 0 Å². The third-order valence-electron chi connectivity index (χ3n) is 6.26. The standard InChI is InChI=1S/C31H39N3O4S/c1-7-28(30(36)32-31(4,5)6)33(21-25-13-9-8-10-14-25)29(35)22-34(26-15-11-12-24(3)20-26)39(37,38)27-18-16-23(2)17-19-27/h8-20,28H,7,21-22H2,1-6H3,(H,32,36)/t28-/m1/s1. The molecule has 7 nitrogen and oxygen atoms in total. The summed E-state index contributed by atoms with van der Waals surface area (Å²) in [6.07, 6.45) is 0.371. The van der Waals surface area contributed by atoms with Crippen molar-refractivity contribution in [2.75, 3.05) is 10.8 Å². The highest BCUT2D eigenvalue weighted by Crippen LogP contribution is 2.26. The van der Waals surface area contributed by atoms with Crippen LogP contribution in [0.4, 0.5) is 5.69 Å². The van der Waals surface area contributed by atoms with Crippen LogP contribution in [-0.4, -0.2) is 43.3 Å². The molecular weight excluding hydrogens is 510 g/mol. The summed E-state index contributed by atoms with van der Waals surface area (Å²) in [5.41, 5.74) is 2.53. The molecule has 208 valence electrons. The summed E-state index contributed by atoms with van der Waals surface area (Å²) in [6, 6.07) is 22.2. The summed E-state index contributed by atoms with van der Waals surface area (Å²) in [5.74, 6) is -0.746. The molecule has 0 saturated heterocycles. The van der Waals surface area contributed by atoms with E-state index in [1.807, 2.05) is 77.9 Å². The number of hydrogen-bond donors (Lipinski definition) is 1. The maximum absolute atomic E-state index is 14.1. The lowest BCUT2D eigenvalue weighted by Crippen LogP contribution is -2.55. The molecule has 8 heteroatoms. The largest absolute Gasteiger partial charge is 0.350 e. The second-order valence-electron chi connectivity index (χ2n) is 10.8. The van der Waals surface area contributed by atoms with Gasteiger partial charge in [0.15, 0.2) is 0 Å². The Kier molecular flexibility index (Phi) is 9.56. The van der Waals surface area contributed by atoms with Crippen molar-refractivity contribution in [2.45, 2.75) is 71.0 Å². The quantitative estimate of drug-likeness (QED) is 0.376. The number of amides is 2. The van der Waals surface area contributed by atoms with Crippen LogP contribution >= 0.6 is 0 Å². The molecule has 0 unspecified atom stereocenters. The van der Waals surface area contributed by atoms with E-state index in [1.165, 1.54) is 4.90 Å². The maximum atomic E-state index is 14.1. The minimum Gasteiger partial charge on any atom is -0.350 e. The van der Waals surface area contributed by atoms with Crippen LogP contribution in [-0.2, 0) is 26.2 Å². The van der Waals surface area contributed by atoms with Crippen molar-refractivity contribution < 1.29 is 18.0 Å². The molecule has 2 amide bonds. The van der Waals surface area contributed by atoms with E-state index < -0.39 is 34.1 Å². The normalized spacial score (nSPS) is 12.5. The highest BCUT2D eigenvalue weighted by atomic mass is 32.2. The van der Waals surface area contributed by atoms with Crippen LogP contribution in [0.15, 0.2) is 83.8 Å². The molecule has 0 heterocycles. The predicted molar refractivity (Wildman–Crippen MR) is 156 cm³/mol. The number of carbonyl (C=O) groups is 2. The van der Waals surface area contributed by atoms with Crippen molar-refractivity contribution in [1.82, 2.24) is 10.2 Å². The van der Waals surface area contributed by atoms with Crippen molar-refractivity contribution in [1.29, 1.82) is 0 Å². The molecule has 0 aliphatic heterocycles. The van der Waals surface area contributed by atoms with Gasteiger partial charge in [-0.05, 0) is 76.4 Å². The summed E-state index contributed by atoms with van der Waals surface area (Å²) in [4.78, 5) is 29.0. The highest BCUT2D eigenvalue weighted by molar-refractivity contribution is 7.92. The third-order valence-corrected chi connectivity index (χ3v) is 8.05. The molecule has 1 N–H and O–H groups in total. The fraction of sp³-hybridized carbons (Fsp3) is 0.355. The van der Waals surface area contributed by atoms with E-state index >= 15 is 0 Å². The Morgan fingerprint density at radius 1 is 0.872 bits per heavy atom. The van der Waals surface area contributed by atoms with Crippen molar-refractivity contribution in [3.05, 3.63) is 95.6 Å². The summed E-state index contributed by atoms with van der Waals surface area (Å²) >= 11 is 0. The zero-order valence-corrected chi connectivity index (χ0v) is 24.5. The van der Waals surface area contributed by atoms with Gasteiger partial charge in [0.05, 0.1) is 10.6 Å². The topological polar surface area (TPSA) is 86.8 Å². The van der Waals surface area contributed by atoms with E-state index in [0.717, 1.165) is 21.0 Å². The predicted octanol–water partition coefficient (Wildman–Crippen LogP) is 5.22. The zero-order valence-electron chi connectivity index (χ0n) is 23.6. The second-order valence-corrected chi connectivity index (χ2v) is 12.7. The van der Waals surface area contributed by atoms with Gasteiger partial charge >= 0.3 is 0 Å². The average Bonchev–Trinajstić information content (AvgIpc) is 2.86. The first-order valence-electron chi connectivity index (χ1n) is 13.1. The lowest BCUT2D eigenvalue weighted by Gasteiger charge is -2.34. The Morgan fingerprint density at radius 3 is 2.08 bits per heavy atom. The van der Waals surface area contributed by atoms with Gasteiger partial charge in [0.25, 0.3) is 10.0 Å². The number of rotatable bonds is 10. The van der Waals surface area contributed by atoms with Crippen molar-refractivity contribution in [3.8, 4) is 0 Å². The van der Waals surface area contributed by atoms with Crippen LogP contribution in [0.3, 0.4) is 0 Å². The fourth-order valence-corrected chi connectivity index (χ4v) is 5.71. The van der Waals surface area contributed by atoms with Crippen LogP contribution in [0.25, 0.3) is 0 Å². The number of sulfonamides is 1. The second kappa shape index (κ2) is 12.5. The van der Waals surface area contributed by atoms with E-state index in [4.69, 9.17) is 0 Å². The van der Waals surface area contributed by atoms with Crippen molar-refractivity contribution in [3.63, 3.8) is 0 Å². The molecule has 3 aromatic rings. The molecule has 3 rings (SSSR count). The van der Waals surface area contributed by atoms with Crippen LogP contribution in [0.1, 0.15) is 50.8 Å². The number of nitrogens with one attached hydrogen (secondary N) is 1. The van der Waals surface area contributed by atoms with E-state index in [1.54, 1.807) is 42.5 Å². The van der Waals surface area contributed by atoms with Gasteiger partial charge < -0.3 is 10.2 Å². The number of aryl methyl sites for hydroxylation is 2. The SMILES string of the molecule is CC[C@H](C(=O)NC(C)(C)C)N(Cc1ccccc1)C(=O)CN(c1cccc(C)c1)S(=O)(=O)c1ccc(C)cc1. The molecule has 0 fully saturated rings. The van der Waals surface area contributed by atoms with E-state index in [-0.39, 0.29) is 17.3 Å². The van der Waals surface area contributed by atoms with Gasteiger partial charge in [-0.25, -0.2) is 8.42 Å². The Labute approximate surface area is 232 Å². The summed E-state index contributed by atoms with van der Waals surface area (Å²) in [7, 11) is -4.09. The van der Waals surface area contributed by atoms with Gasteiger partial charge in [0.1, 0.15) is 12.6 Å². The number of carbonyl (C=O) groups excluding carboxylic acids is 2. The lowest BCUT2D eigenvalue weighted by atomic mass is 10.1. The number of hydrogen-bond acceptors (Lipinski definition) is 4. The summed E-state index contributed by atoms with van der Waals surface area (Å²) in [5, 5.41) is 2.98. The van der Waals surface area contributed by atoms with Gasteiger partial charge in [0, 0.05) is 12.1 Å². The highest BCUT2D eigenvalue weighted by Gasteiger charge is 2.34. The average molecular weight is 550 g/mol. The Bertz CT molecular complexity index is 1380. The molecule has 1 atom stereocenters. The number of nitrogens with zero attached hydrogens (tertiary/aromatic N) is 2. The number of benzene rings is 3. The molecule has 39 heavy (non-hydrogen) atoms. The molecular formula is C31H39N3O4S. The number of anilines is 1. The Hall–Kier alpha value is -3.65. The minimum absolute atomic E-state index is 0.0922. The van der Waals surface area contributed by atoms with Gasteiger partial charge in [-0.2, -0.15) is 0 Å². The van der Waals surface area contributed by atoms with Crippen molar-refractivity contribution >= 4 is 27.5 Å². The maximum Gasteiger partial charge on any atom is 0.264 e. The van der Waals surface area contributed by atoms with E-state index in [0.29, 0.717) is 12.1 Å². The minimum atomic E-state index is -4.09. The molecule has 0 aliphatic rings. The first-order valence-corrected chi connectivity index (χ1v) is 14.6. The third kappa shape index (κ3) is 7.93. The zero-order chi connectivity index (χ0) is 28.8. The molecule has 3 aromatic carbocycles. The molecule has 0 aromatic heterocycles. The monoisotopic (exact) mass is 549 g/mol. The first-order chi connectivity index (χ1) is 18.3. The summed E-state index contributed by atoms with van der Waals surface area (Å²) in [6.45, 7) is 11.0. The molecule has 0 radical (unpaired) electrons. The van der Waals surface area contributed by atoms with Crippen LogP contribution in [0, 0.1) is 13.8 Å². The van der Waals surface area contributed by atoms with E-state index in [9.17, 15) is 18.0 Å².